The van der Waals surface area contributed by atoms with Gasteiger partial charge in [0.15, 0.2) is 5.82 Å². The number of fused-ring (bicyclic) bond motifs is 3. The number of alkyl halides is 3. The van der Waals surface area contributed by atoms with E-state index in [1.807, 2.05) is 31.2 Å². The van der Waals surface area contributed by atoms with Crippen LogP contribution in [0.25, 0.3) is 11.3 Å². The maximum absolute atomic E-state index is 13.1. The number of imidazole rings is 1. The molecule has 112 valence electrons. The standard InChI is InChI=1S/C15H15F3N2O/c1-9-7-10-5-3-4-6-11(10)12-8-19-13(20(9)12)14(2,21)15(16,17)18/h3-6,8-9,21H,7H2,1-2H3/t9-,14+/m0/s1. The highest BCUT2D eigenvalue weighted by molar-refractivity contribution is 5.66. The fourth-order valence-electron chi connectivity index (χ4n) is 2.85. The van der Waals surface area contributed by atoms with Gasteiger partial charge in [-0.05, 0) is 25.8 Å². The second-order valence-electron chi connectivity index (χ2n) is 5.62. The molecule has 3 rings (SSSR count). The molecule has 3 nitrogen and oxygen atoms in total. The Labute approximate surface area is 120 Å². The van der Waals surface area contributed by atoms with E-state index < -0.39 is 11.8 Å². The lowest BCUT2D eigenvalue weighted by Gasteiger charge is -2.32. The van der Waals surface area contributed by atoms with Crippen LogP contribution >= 0.6 is 0 Å². The summed E-state index contributed by atoms with van der Waals surface area (Å²) in [6, 6.07) is 7.38. The number of halogens is 3. The molecule has 0 fully saturated rings. The van der Waals surface area contributed by atoms with E-state index in [9.17, 15) is 18.3 Å². The van der Waals surface area contributed by atoms with Crippen LogP contribution in [0.1, 0.15) is 31.3 Å². The molecule has 0 unspecified atom stereocenters. The molecule has 0 aliphatic carbocycles. The molecule has 2 atom stereocenters. The summed E-state index contributed by atoms with van der Waals surface area (Å²) in [6.07, 6.45) is -2.75. The Bertz CT molecular complexity index is 688. The van der Waals surface area contributed by atoms with Crippen molar-refractivity contribution < 1.29 is 18.3 Å². The molecule has 0 radical (unpaired) electrons. The van der Waals surface area contributed by atoms with E-state index in [2.05, 4.69) is 4.98 Å². The maximum Gasteiger partial charge on any atom is 0.424 e. The molecular formula is C15H15F3N2O. The molecule has 1 N–H and O–H groups in total. The Balaban J connectivity index is 2.21. The van der Waals surface area contributed by atoms with Crippen LogP contribution in [0, 0.1) is 0 Å². The van der Waals surface area contributed by atoms with Crippen molar-refractivity contribution >= 4 is 0 Å². The molecule has 2 aromatic rings. The van der Waals surface area contributed by atoms with E-state index in [1.54, 1.807) is 0 Å². The van der Waals surface area contributed by atoms with Gasteiger partial charge >= 0.3 is 6.18 Å². The molecule has 1 aromatic carbocycles. The van der Waals surface area contributed by atoms with Crippen LogP contribution in [0.5, 0.6) is 0 Å². The van der Waals surface area contributed by atoms with Gasteiger partial charge in [0.2, 0.25) is 5.60 Å². The van der Waals surface area contributed by atoms with Gasteiger partial charge in [0.25, 0.3) is 0 Å². The van der Waals surface area contributed by atoms with E-state index in [1.165, 1.54) is 10.8 Å². The first-order valence-electron chi connectivity index (χ1n) is 6.68. The van der Waals surface area contributed by atoms with Crippen LogP contribution in [0.3, 0.4) is 0 Å². The predicted octanol–water partition coefficient (Wildman–Crippen LogP) is 3.44. The Hall–Kier alpha value is -1.82. The van der Waals surface area contributed by atoms with Crippen molar-refractivity contribution in [3.63, 3.8) is 0 Å². The zero-order chi connectivity index (χ0) is 15.4. The fraction of sp³-hybridized carbons (Fsp3) is 0.400. The summed E-state index contributed by atoms with van der Waals surface area (Å²) in [5.74, 6) is -0.355. The number of benzene rings is 1. The van der Waals surface area contributed by atoms with Gasteiger partial charge in [0.1, 0.15) is 0 Å². The minimum Gasteiger partial charge on any atom is -0.374 e. The topological polar surface area (TPSA) is 38.1 Å². The third-order valence-corrected chi connectivity index (χ3v) is 4.03. The first-order chi connectivity index (χ1) is 9.73. The molecule has 0 saturated carbocycles. The van der Waals surface area contributed by atoms with Gasteiger partial charge in [0, 0.05) is 11.6 Å². The minimum absolute atomic E-state index is 0.193. The molecule has 1 aliphatic rings. The lowest BCUT2D eigenvalue weighted by molar-refractivity contribution is -0.262. The molecule has 1 aliphatic heterocycles. The number of hydrogen-bond donors (Lipinski definition) is 1. The van der Waals surface area contributed by atoms with Crippen LogP contribution < -0.4 is 0 Å². The molecule has 0 spiro atoms. The van der Waals surface area contributed by atoms with Gasteiger partial charge < -0.3 is 9.67 Å². The summed E-state index contributed by atoms with van der Waals surface area (Å²) in [5, 5.41) is 9.92. The number of rotatable bonds is 1. The van der Waals surface area contributed by atoms with Crippen LogP contribution in [-0.4, -0.2) is 20.8 Å². The summed E-state index contributed by atoms with van der Waals surface area (Å²) in [5.41, 5.74) is -0.405. The zero-order valence-electron chi connectivity index (χ0n) is 11.6. The molecule has 0 bridgehead atoms. The van der Waals surface area contributed by atoms with E-state index >= 15 is 0 Å². The summed E-state index contributed by atoms with van der Waals surface area (Å²) >= 11 is 0. The Morgan fingerprint density at radius 2 is 1.95 bits per heavy atom. The van der Waals surface area contributed by atoms with E-state index in [4.69, 9.17) is 0 Å². The summed E-state index contributed by atoms with van der Waals surface area (Å²) < 4.78 is 40.8. The van der Waals surface area contributed by atoms with Crippen LogP contribution in [0.15, 0.2) is 30.5 Å². The number of nitrogens with zero attached hydrogens (tertiary/aromatic N) is 2. The molecule has 0 saturated heterocycles. The molecule has 21 heavy (non-hydrogen) atoms. The van der Waals surface area contributed by atoms with E-state index in [-0.39, 0.29) is 11.9 Å². The third kappa shape index (κ3) is 1.97. The SMILES string of the molecule is C[C@H]1Cc2ccccc2-c2cnc([C@@](C)(O)C(F)(F)F)n21. The van der Waals surface area contributed by atoms with Gasteiger partial charge in [-0.25, -0.2) is 4.98 Å². The second kappa shape index (κ2) is 4.34. The van der Waals surface area contributed by atoms with Crippen molar-refractivity contribution in [2.75, 3.05) is 0 Å². The average molecular weight is 296 g/mol. The summed E-state index contributed by atoms with van der Waals surface area (Å²) in [4.78, 5) is 3.88. The Morgan fingerprint density at radius 3 is 2.62 bits per heavy atom. The summed E-state index contributed by atoms with van der Waals surface area (Å²) in [7, 11) is 0. The number of aromatic nitrogens is 2. The van der Waals surface area contributed by atoms with Crippen molar-refractivity contribution in [1.82, 2.24) is 9.55 Å². The van der Waals surface area contributed by atoms with Crippen molar-refractivity contribution in [2.24, 2.45) is 0 Å². The van der Waals surface area contributed by atoms with Crippen LogP contribution in [0.2, 0.25) is 0 Å². The molecular weight excluding hydrogens is 281 g/mol. The van der Waals surface area contributed by atoms with Gasteiger partial charge in [-0.3, -0.25) is 0 Å². The van der Waals surface area contributed by atoms with Crippen molar-refractivity contribution in [3.05, 3.63) is 41.9 Å². The van der Waals surface area contributed by atoms with Crippen molar-refractivity contribution in [2.45, 2.75) is 38.1 Å². The highest BCUT2D eigenvalue weighted by Crippen LogP contribution is 2.43. The van der Waals surface area contributed by atoms with Gasteiger partial charge in [0.05, 0.1) is 11.9 Å². The molecule has 1 aromatic heterocycles. The smallest absolute Gasteiger partial charge is 0.374 e. The predicted molar refractivity (Wildman–Crippen MR) is 71.7 cm³/mol. The largest absolute Gasteiger partial charge is 0.424 e. The lowest BCUT2D eigenvalue weighted by atomic mass is 9.94. The maximum atomic E-state index is 13.1. The van der Waals surface area contributed by atoms with Gasteiger partial charge in [-0.1, -0.05) is 24.3 Å². The van der Waals surface area contributed by atoms with Crippen LogP contribution in [0.4, 0.5) is 13.2 Å². The highest BCUT2D eigenvalue weighted by atomic mass is 19.4. The first-order valence-corrected chi connectivity index (χ1v) is 6.68. The number of aliphatic hydroxyl groups is 1. The Morgan fingerprint density at radius 1 is 1.29 bits per heavy atom. The van der Waals surface area contributed by atoms with Crippen molar-refractivity contribution in [1.29, 1.82) is 0 Å². The van der Waals surface area contributed by atoms with Gasteiger partial charge in [-0.15, -0.1) is 0 Å². The normalized spacial score (nSPS) is 20.6. The highest BCUT2D eigenvalue weighted by Gasteiger charge is 2.54. The van der Waals surface area contributed by atoms with E-state index in [0.717, 1.165) is 18.1 Å². The third-order valence-electron chi connectivity index (χ3n) is 4.03. The number of hydrogen-bond acceptors (Lipinski definition) is 2. The fourth-order valence-corrected chi connectivity index (χ4v) is 2.85. The second-order valence-corrected chi connectivity index (χ2v) is 5.62. The Kier molecular flexibility index (Phi) is 2.92. The quantitative estimate of drug-likeness (QED) is 0.875. The van der Waals surface area contributed by atoms with E-state index in [0.29, 0.717) is 12.1 Å². The minimum atomic E-state index is -4.77. The van der Waals surface area contributed by atoms with Gasteiger partial charge in [-0.2, -0.15) is 13.2 Å². The van der Waals surface area contributed by atoms with Crippen LogP contribution in [-0.2, 0) is 12.0 Å². The molecule has 0 amide bonds. The first kappa shape index (κ1) is 14.1. The zero-order valence-corrected chi connectivity index (χ0v) is 11.6. The summed E-state index contributed by atoms with van der Waals surface area (Å²) in [6.45, 7) is 2.58. The monoisotopic (exact) mass is 296 g/mol. The average Bonchev–Trinajstić information content (AvgIpc) is 2.83. The molecule has 2 heterocycles. The van der Waals surface area contributed by atoms with Crippen molar-refractivity contribution in [3.8, 4) is 11.3 Å². The lowest BCUT2D eigenvalue weighted by Crippen LogP contribution is -2.42. The molecule has 6 heteroatoms.